The maximum Gasteiger partial charge on any atom is 0.127 e. The molecule has 0 radical (unpaired) electrons. The summed E-state index contributed by atoms with van der Waals surface area (Å²) in [6, 6.07) is 16.1. The molecule has 1 aromatic heterocycles. The van der Waals surface area contributed by atoms with E-state index in [-0.39, 0.29) is 0 Å². The molecule has 5 heteroatoms. The quantitative estimate of drug-likeness (QED) is 0.646. The Kier molecular flexibility index (Phi) is 6.04. The van der Waals surface area contributed by atoms with Gasteiger partial charge in [0.25, 0.3) is 0 Å². The number of nitrogens with zero attached hydrogens (tertiary/aromatic N) is 1. The molecule has 0 fully saturated rings. The van der Waals surface area contributed by atoms with Crippen LogP contribution in [0.3, 0.4) is 0 Å². The van der Waals surface area contributed by atoms with Gasteiger partial charge in [0.05, 0.1) is 18.6 Å². The molecule has 1 heterocycles. The highest BCUT2D eigenvalue weighted by Gasteiger charge is 2.10. The first kappa shape index (κ1) is 17.5. The normalized spacial score (nSPS) is 10.6. The fraction of sp³-hybridized carbons (Fsp3) is 0.250. The van der Waals surface area contributed by atoms with E-state index in [1.807, 2.05) is 49.5 Å². The molecule has 0 aliphatic carbocycles. The molecule has 0 aliphatic heterocycles. The van der Waals surface area contributed by atoms with Crippen molar-refractivity contribution in [2.24, 2.45) is 0 Å². The lowest BCUT2D eigenvalue weighted by atomic mass is 10.2. The molecule has 4 nitrogen and oxygen atoms in total. The molecule has 1 N–H and O–H groups in total. The zero-order valence-corrected chi connectivity index (χ0v) is 15.3. The van der Waals surface area contributed by atoms with Crippen LogP contribution in [0, 0.1) is 0 Å². The minimum absolute atomic E-state index is 0.656. The molecule has 0 bridgehead atoms. The Morgan fingerprint density at radius 1 is 1.00 bits per heavy atom. The van der Waals surface area contributed by atoms with Crippen molar-refractivity contribution < 1.29 is 9.47 Å². The zero-order valence-electron chi connectivity index (χ0n) is 14.5. The van der Waals surface area contributed by atoms with Crippen molar-refractivity contribution in [1.82, 2.24) is 10.3 Å². The van der Waals surface area contributed by atoms with Gasteiger partial charge in [-0.25, -0.2) is 4.98 Å². The van der Waals surface area contributed by atoms with Gasteiger partial charge in [0.1, 0.15) is 16.5 Å². The third-order valence-electron chi connectivity index (χ3n) is 3.79. The summed E-state index contributed by atoms with van der Waals surface area (Å²) in [6.07, 6.45) is 1.92. The maximum absolute atomic E-state index is 5.71. The van der Waals surface area contributed by atoms with Crippen LogP contribution in [0.2, 0.25) is 0 Å². The fourth-order valence-corrected chi connectivity index (χ4v) is 3.54. The molecule has 3 rings (SSSR count). The third kappa shape index (κ3) is 4.38. The molecule has 0 saturated heterocycles. The first-order valence-electron chi connectivity index (χ1n) is 8.31. The Hall–Kier alpha value is -2.37. The van der Waals surface area contributed by atoms with Crippen LogP contribution in [-0.2, 0) is 13.1 Å². The minimum atomic E-state index is 0.656. The topological polar surface area (TPSA) is 43.4 Å². The Bertz CT molecular complexity index is 817. The number of para-hydroxylation sites is 2. The van der Waals surface area contributed by atoms with E-state index in [2.05, 4.69) is 22.4 Å². The Morgan fingerprint density at radius 2 is 1.76 bits per heavy atom. The number of thiazole rings is 1. The van der Waals surface area contributed by atoms with E-state index in [4.69, 9.17) is 9.47 Å². The van der Waals surface area contributed by atoms with E-state index in [1.165, 1.54) is 0 Å². The van der Waals surface area contributed by atoms with Gasteiger partial charge >= 0.3 is 0 Å². The van der Waals surface area contributed by atoms with Crippen LogP contribution >= 0.6 is 11.3 Å². The molecule has 0 unspecified atom stereocenters. The van der Waals surface area contributed by atoms with Crippen LogP contribution in [0.1, 0.15) is 17.5 Å². The monoisotopic (exact) mass is 354 g/mol. The number of ether oxygens (including phenoxy) is 2. The van der Waals surface area contributed by atoms with E-state index in [0.29, 0.717) is 6.61 Å². The van der Waals surface area contributed by atoms with E-state index < -0.39 is 0 Å². The van der Waals surface area contributed by atoms with Gasteiger partial charge in [-0.2, -0.15) is 0 Å². The number of hydrogen-bond acceptors (Lipinski definition) is 5. The molecule has 0 atom stereocenters. The average Bonchev–Trinajstić information content (AvgIpc) is 3.11. The molecular formula is C20H22N2O2S. The fourth-order valence-electron chi connectivity index (χ4n) is 2.62. The summed E-state index contributed by atoms with van der Waals surface area (Å²) in [4.78, 5) is 5.66. The SMILES string of the molecule is CCOc1ccccc1-c1cnc(CNCc2ccccc2OC)s1. The standard InChI is InChI=1S/C20H22N2O2S/c1-3-24-18-11-7-5-9-16(18)19-13-22-20(25-19)14-21-12-15-8-4-6-10-17(15)23-2/h4-11,13,21H,3,12,14H2,1-2H3. The molecule has 2 aromatic carbocycles. The van der Waals surface area contributed by atoms with Crippen LogP contribution in [0.25, 0.3) is 10.4 Å². The number of methoxy groups -OCH3 is 1. The first-order valence-corrected chi connectivity index (χ1v) is 9.13. The largest absolute Gasteiger partial charge is 0.496 e. The molecule has 0 spiro atoms. The van der Waals surface area contributed by atoms with Crippen LogP contribution in [0.4, 0.5) is 0 Å². The van der Waals surface area contributed by atoms with Crippen molar-refractivity contribution in [3.05, 3.63) is 65.3 Å². The molecule has 0 aliphatic rings. The number of hydrogen-bond donors (Lipinski definition) is 1. The van der Waals surface area contributed by atoms with Crippen molar-refractivity contribution in [3.63, 3.8) is 0 Å². The molecule has 130 valence electrons. The van der Waals surface area contributed by atoms with Gasteiger partial charge in [0.15, 0.2) is 0 Å². The molecule has 0 saturated carbocycles. The van der Waals surface area contributed by atoms with E-state index in [0.717, 1.165) is 45.6 Å². The number of nitrogens with one attached hydrogen (secondary N) is 1. The second-order valence-corrected chi connectivity index (χ2v) is 6.58. The summed E-state index contributed by atoms with van der Waals surface area (Å²) >= 11 is 1.69. The number of benzene rings is 2. The van der Waals surface area contributed by atoms with Gasteiger partial charge in [0, 0.05) is 30.4 Å². The Balaban J connectivity index is 1.64. The predicted octanol–water partition coefficient (Wildman–Crippen LogP) is 4.51. The van der Waals surface area contributed by atoms with Gasteiger partial charge in [-0.05, 0) is 25.1 Å². The minimum Gasteiger partial charge on any atom is -0.496 e. The number of aromatic nitrogens is 1. The van der Waals surface area contributed by atoms with Crippen molar-refractivity contribution in [1.29, 1.82) is 0 Å². The van der Waals surface area contributed by atoms with Crippen LogP contribution in [0.15, 0.2) is 54.7 Å². The van der Waals surface area contributed by atoms with Crippen LogP contribution in [-0.4, -0.2) is 18.7 Å². The smallest absolute Gasteiger partial charge is 0.127 e. The Morgan fingerprint density at radius 3 is 2.56 bits per heavy atom. The van der Waals surface area contributed by atoms with E-state index >= 15 is 0 Å². The van der Waals surface area contributed by atoms with Crippen molar-refractivity contribution in [3.8, 4) is 21.9 Å². The summed E-state index contributed by atoms with van der Waals surface area (Å²) in [5.41, 5.74) is 2.24. The maximum atomic E-state index is 5.71. The van der Waals surface area contributed by atoms with Crippen molar-refractivity contribution in [2.75, 3.05) is 13.7 Å². The molecule has 0 amide bonds. The number of rotatable bonds is 8. The zero-order chi connectivity index (χ0) is 17.5. The lowest BCUT2D eigenvalue weighted by molar-refractivity contribution is 0.341. The van der Waals surface area contributed by atoms with Crippen LogP contribution in [0.5, 0.6) is 11.5 Å². The summed E-state index contributed by atoms with van der Waals surface area (Å²) in [6.45, 7) is 4.12. The van der Waals surface area contributed by atoms with E-state index in [9.17, 15) is 0 Å². The highest BCUT2D eigenvalue weighted by molar-refractivity contribution is 7.15. The highest BCUT2D eigenvalue weighted by Crippen LogP contribution is 2.33. The molecular weight excluding hydrogens is 332 g/mol. The third-order valence-corrected chi connectivity index (χ3v) is 4.82. The van der Waals surface area contributed by atoms with Gasteiger partial charge in [-0.3, -0.25) is 0 Å². The summed E-state index contributed by atoms with van der Waals surface area (Å²) < 4.78 is 11.1. The van der Waals surface area contributed by atoms with Gasteiger partial charge < -0.3 is 14.8 Å². The van der Waals surface area contributed by atoms with Gasteiger partial charge in [0.2, 0.25) is 0 Å². The molecule has 3 aromatic rings. The van der Waals surface area contributed by atoms with Crippen molar-refractivity contribution >= 4 is 11.3 Å². The van der Waals surface area contributed by atoms with Crippen LogP contribution < -0.4 is 14.8 Å². The van der Waals surface area contributed by atoms with Gasteiger partial charge in [-0.1, -0.05) is 30.3 Å². The summed E-state index contributed by atoms with van der Waals surface area (Å²) in [7, 11) is 1.70. The lowest BCUT2D eigenvalue weighted by Gasteiger charge is -2.08. The van der Waals surface area contributed by atoms with Crippen molar-refractivity contribution in [2.45, 2.75) is 20.0 Å². The second kappa shape index (κ2) is 8.65. The Labute approximate surface area is 152 Å². The second-order valence-electron chi connectivity index (χ2n) is 5.46. The predicted molar refractivity (Wildman–Crippen MR) is 102 cm³/mol. The highest BCUT2D eigenvalue weighted by atomic mass is 32.1. The van der Waals surface area contributed by atoms with E-state index in [1.54, 1.807) is 18.4 Å². The summed E-state index contributed by atoms with van der Waals surface area (Å²) in [5.74, 6) is 1.81. The average molecular weight is 354 g/mol. The lowest BCUT2D eigenvalue weighted by Crippen LogP contribution is -2.13. The molecule has 25 heavy (non-hydrogen) atoms. The van der Waals surface area contributed by atoms with Gasteiger partial charge in [-0.15, -0.1) is 11.3 Å². The summed E-state index contributed by atoms with van der Waals surface area (Å²) in [5, 5.41) is 4.49. The first-order chi connectivity index (χ1) is 12.3.